The molecule has 2 heterocycles. The topological polar surface area (TPSA) is 64.9 Å². The van der Waals surface area contributed by atoms with E-state index in [-0.39, 0.29) is 0 Å². The molecule has 0 saturated heterocycles. The summed E-state index contributed by atoms with van der Waals surface area (Å²) >= 11 is 0. The average molecular weight is 211 g/mol. The minimum absolute atomic E-state index is 0.436. The molecule has 0 fully saturated rings. The molecular weight excluding hydrogens is 202 g/mol. The van der Waals surface area contributed by atoms with Crippen molar-refractivity contribution in [2.75, 3.05) is 5.73 Å². The van der Waals surface area contributed by atoms with E-state index in [1.165, 1.54) is 6.33 Å². The molecule has 78 valence electrons. The van der Waals surface area contributed by atoms with Crippen LogP contribution in [0.15, 0.2) is 47.1 Å². The molecule has 1 aromatic carbocycles. The van der Waals surface area contributed by atoms with Crippen molar-refractivity contribution in [1.82, 2.24) is 9.97 Å². The summed E-state index contributed by atoms with van der Waals surface area (Å²) in [5, 5.41) is 1.05. The Balaban J connectivity index is 2.19. The Bertz CT molecular complexity index is 612. The SMILES string of the molecule is Nc1cc(-c2cc3ccccc3o2)ncn1. The van der Waals surface area contributed by atoms with E-state index >= 15 is 0 Å². The molecule has 0 atom stereocenters. The molecule has 0 spiro atoms. The average Bonchev–Trinajstić information content (AvgIpc) is 2.72. The normalized spacial score (nSPS) is 10.8. The van der Waals surface area contributed by atoms with Crippen LogP contribution in [-0.4, -0.2) is 9.97 Å². The van der Waals surface area contributed by atoms with Crippen molar-refractivity contribution in [1.29, 1.82) is 0 Å². The molecule has 0 bridgehead atoms. The van der Waals surface area contributed by atoms with Gasteiger partial charge in [-0.2, -0.15) is 0 Å². The first-order valence-electron chi connectivity index (χ1n) is 4.89. The van der Waals surface area contributed by atoms with Gasteiger partial charge in [0.2, 0.25) is 0 Å². The number of nitrogens with two attached hydrogens (primary N) is 1. The first kappa shape index (κ1) is 8.91. The summed E-state index contributed by atoms with van der Waals surface area (Å²) in [5.41, 5.74) is 7.14. The summed E-state index contributed by atoms with van der Waals surface area (Å²) in [6.07, 6.45) is 1.43. The van der Waals surface area contributed by atoms with E-state index in [0.717, 1.165) is 11.0 Å². The van der Waals surface area contributed by atoms with E-state index in [4.69, 9.17) is 10.2 Å². The number of nitrogens with zero attached hydrogens (tertiary/aromatic N) is 2. The number of para-hydroxylation sites is 1. The van der Waals surface area contributed by atoms with Crippen LogP contribution in [-0.2, 0) is 0 Å². The number of hydrogen-bond acceptors (Lipinski definition) is 4. The zero-order valence-corrected chi connectivity index (χ0v) is 8.42. The predicted octanol–water partition coefficient (Wildman–Crippen LogP) is 2.47. The summed E-state index contributed by atoms with van der Waals surface area (Å²) in [4.78, 5) is 7.96. The Morgan fingerprint density at radius 1 is 1.06 bits per heavy atom. The molecule has 0 aliphatic rings. The minimum Gasteiger partial charge on any atom is -0.454 e. The third-order valence-corrected chi connectivity index (χ3v) is 2.37. The van der Waals surface area contributed by atoms with E-state index < -0.39 is 0 Å². The zero-order valence-electron chi connectivity index (χ0n) is 8.42. The van der Waals surface area contributed by atoms with Gasteiger partial charge >= 0.3 is 0 Å². The number of fused-ring (bicyclic) bond motifs is 1. The van der Waals surface area contributed by atoms with E-state index in [1.54, 1.807) is 6.07 Å². The maximum absolute atomic E-state index is 5.66. The van der Waals surface area contributed by atoms with Crippen LogP contribution in [0.4, 0.5) is 5.82 Å². The number of rotatable bonds is 1. The van der Waals surface area contributed by atoms with Crippen LogP contribution in [0.5, 0.6) is 0 Å². The second kappa shape index (κ2) is 3.34. The van der Waals surface area contributed by atoms with Crippen molar-refractivity contribution in [3.63, 3.8) is 0 Å². The zero-order chi connectivity index (χ0) is 11.0. The molecule has 0 unspecified atom stereocenters. The predicted molar refractivity (Wildman–Crippen MR) is 61.7 cm³/mol. The third kappa shape index (κ3) is 1.40. The summed E-state index contributed by atoms with van der Waals surface area (Å²) in [5.74, 6) is 1.14. The molecule has 0 saturated carbocycles. The Labute approximate surface area is 91.7 Å². The lowest BCUT2D eigenvalue weighted by Gasteiger charge is -1.95. The largest absolute Gasteiger partial charge is 0.454 e. The highest BCUT2D eigenvalue weighted by Crippen LogP contribution is 2.26. The van der Waals surface area contributed by atoms with E-state index in [2.05, 4.69) is 9.97 Å². The van der Waals surface area contributed by atoms with Crippen molar-refractivity contribution >= 4 is 16.8 Å². The number of aromatic nitrogens is 2. The van der Waals surface area contributed by atoms with Gasteiger partial charge in [-0.25, -0.2) is 9.97 Å². The molecule has 0 aliphatic carbocycles. The first-order chi connectivity index (χ1) is 7.83. The van der Waals surface area contributed by atoms with Gasteiger partial charge < -0.3 is 10.2 Å². The molecule has 3 rings (SSSR count). The lowest BCUT2D eigenvalue weighted by Crippen LogP contribution is -1.91. The summed E-state index contributed by atoms with van der Waals surface area (Å²) < 4.78 is 5.66. The molecule has 3 aromatic rings. The Kier molecular flexibility index (Phi) is 1.86. The van der Waals surface area contributed by atoms with Crippen LogP contribution in [0.1, 0.15) is 0 Å². The van der Waals surface area contributed by atoms with E-state index in [1.807, 2.05) is 30.3 Å². The molecule has 2 N–H and O–H groups in total. The van der Waals surface area contributed by atoms with Gasteiger partial charge in [-0.15, -0.1) is 0 Å². The standard InChI is InChI=1S/C12H9N3O/c13-12-6-9(14-7-15-12)11-5-8-3-1-2-4-10(8)16-11/h1-7H,(H2,13,14,15). The lowest BCUT2D eigenvalue weighted by atomic mass is 10.2. The van der Waals surface area contributed by atoms with Gasteiger partial charge in [-0.1, -0.05) is 18.2 Å². The van der Waals surface area contributed by atoms with Crippen molar-refractivity contribution < 1.29 is 4.42 Å². The van der Waals surface area contributed by atoms with Crippen LogP contribution in [0.2, 0.25) is 0 Å². The quantitative estimate of drug-likeness (QED) is 0.671. The fourth-order valence-corrected chi connectivity index (χ4v) is 1.62. The second-order valence-corrected chi connectivity index (χ2v) is 3.48. The fraction of sp³-hybridized carbons (Fsp3) is 0. The lowest BCUT2D eigenvalue weighted by molar-refractivity contribution is 0.628. The van der Waals surface area contributed by atoms with Crippen LogP contribution < -0.4 is 5.73 Å². The smallest absolute Gasteiger partial charge is 0.153 e. The molecule has 4 heteroatoms. The highest BCUT2D eigenvalue weighted by molar-refractivity contribution is 5.82. The molecule has 0 aliphatic heterocycles. The Hall–Kier alpha value is -2.36. The van der Waals surface area contributed by atoms with Crippen molar-refractivity contribution in [2.45, 2.75) is 0 Å². The van der Waals surface area contributed by atoms with Gasteiger partial charge in [-0.3, -0.25) is 0 Å². The van der Waals surface area contributed by atoms with Crippen molar-refractivity contribution in [3.05, 3.63) is 42.7 Å². The molecule has 16 heavy (non-hydrogen) atoms. The van der Waals surface area contributed by atoms with Gasteiger partial charge in [-0.05, 0) is 12.1 Å². The van der Waals surface area contributed by atoms with Crippen molar-refractivity contribution in [2.24, 2.45) is 0 Å². The summed E-state index contributed by atoms with van der Waals surface area (Å²) in [6, 6.07) is 11.4. The van der Waals surface area contributed by atoms with Crippen molar-refractivity contribution in [3.8, 4) is 11.5 Å². The monoisotopic (exact) mass is 211 g/mol. The molecule has 2 aromatic heterocycles. The third-order valence-electron chi connectivity index (χ3n) is 2.37. The highest BCUT2D eigenvalue weighted by atomic mass is 16.3. The van der Waals surface area contributed by atoms with Gasteiger partial charge in [0.25, 0.3) is 0 Å². The van der Waals surface area contributed by atoms with Gasteiger partial charge in [0.15, 0.2) is 5.76 Å². The molecular formula is C12H9N3O. The maximum atomic E-state index is 5.66. The van der Waals surface area contributed by atoms with Gasteiger partial charge in [0.05, 0.1) is 0 Å². The van der Waals surface area contributed by atoms with E-state index in [9.17, 15) is 0 Å². The number of hydrogen-bond donors (Lipinski definition) is 1. The van der Waals surface area contributed by atoms with Crippen LogP contribution in [0.25, 0.3) is 22.4 Å². The highest BCUT2D eigenvalue weighted by Gasteiger charge is 2.07. The van der Waals surface area contributed by atoms with Gasteiger partial charge in [0, 0.05) is 11.5 Å². The summed E-state index contributed by atoms with van der Waals surface area (Å²) in [6.45, 7) is 0. The Morgan fingerprint density at radius 3 is 2.75 bits per heavy atom. The molecule has 0 amide bonds. The van der Waals surface area contributed by atoms with Crippen LogP contribution in [0, 0.1) is 0 Å². The fourth-order valence-electron chi connectivity index (χ4n) is 1.62. The molecule has 0 radical (unpaired) electrons. The van der Waals surface area contributed by atoms with Gasteiger partial charge in [0.1, 0.15) is 23.4 Å². The number of anilines is 1. The maximum Gasteiger partial charge on any atom is 0.153 e. The van der Waals surface area contributed by atoms with Crippen LogP contribution in [0.3, 0.4) is 0 Å². The number of furan rings is 1. The first-order valence-corrected chi connectivity index (χ1v) is 4.89. The minimum atomic E-state index is 0.436. The van der Waals surface area contributed by atoms with Crippen LogP contribution >= 0.6 is 0 Å². The Morgan fingerprint density at radius 2 is 1.94 bits per heavy atom. The number of benzene rings is 1. The summed E-state index contributed by atoms with van der Waals surface area (Å²) in [7, 11) is 0. The van der Waals surface area contributed by atoms with E-state index in [0.29, 0.717) is 17.3 Å². The second-order valence-electron chi connectivity index (χ2n) is 3.48. The number of nitrogen functional groups attached to an aromatic ring is 1. The molecule has 4 nitrogen and oxygen atoms in total.